The number of pyridine rings is 1. The summed E-state index contributed by atoms with van der Waals surface area (Å²) in [7, 11) is 0. The number of nitrogens with one attached hydrogen (secondary N) is 1. The van der Waals surface area contributed by atoms with Crippen LogP contribution in [0, 0.1) is 10.1 Å². The van der Waals surface area contributed by atoms with Gasteiger partial charge in [-0.25, -0.2) is 4.98 Å². The van der Waals surface area contributed by atoms with Gasteiger partial charge in [-0.1, -0.05) is 18.5 Å². The first kappa shape index (κ1) is 13.5. The van der Waals surface area contributed by atoms with Crippen LogP contribution in [-0.2, 0) is 4.79 Å². The zero-order valence-corrected chi connectivity index (χ0v) is 11.1. The highest BCUT2D eigenvalue weighted by Gasteiger charge is 2.30. The molecular weight excluding hydrogens is 272 g/mol. The summed E-state index contributed by atoms with van der Waals surface area (Å²) in [5.41, 5.74) is -0.129. The number of anilines is 1. The van der Waals surface area contributed by atoms with Gasteiger partial charge in [0, 0.05) is 13.1 Å². The van der Waals surface area contributed by atoms with Crippen molar-refractivity contribution in [3.63, 3.8) is 0 Å². The van der Waals surface area contributed by atoms with Gasteiger partial charge in [0.1, 0.15) is 17.0 Å². The number of piperazine rings is 1. The van der Waals surface area contributed by atoms with Crippen LogP contribution in [0.4, 0.5) is 11.5 Å². The Balaban J connectivity index is 2.39. The van der Waals surface area contributed by atoms with Crippen LogP contribution < -0.4 is 10.2 Å². The number of amides is 1. The minimum Gasteiger partial charge on any atom is -0.353 e. The Kier molecular flexibility index (Phi) is 3.84. The van der Waals surface area contributed by atoms with E-state index >= 15 is 0 Å². The monoisotopic (exact) mass is 284 g/mol. The number of hydrogen-bond acceptors (Lipinski definition) is 5. The van der Waals surface area contributed by atoms with Crippen LogP contribution in [0.2, 0.25) is 5.15 Å². The second-order valence-electron chi connectivity index (χ2n) is 4.17. The van der Waals surface area contributed by atoms with Gasteiger partial charge < -0.3 is 10.2 Å². The average Bonchev–Trinajstić information content (AvgIpc) is 2.37. The van der Waals surface area contributed by atoms with E-state index in [0.29, 0.717) is 25.3 Å². The van der Waals surface area contributed by atoms with Crippen LogP contribution in [-0.4, -0.2) is 34.9 Å². The number of nitro groups is 1. The number of nitrogens with zero attached hydrogens (tertiary/aromatic N) is 3. The fourth-order valence-corrected chi connectivity index (χ4v) is 2.32. The molecule has 1 atom stereocenters. The standard InChI is InChI=1S/C11H13ClN4O3/c1-2-8-11(17)13-3-4-15(8)10-6-7(16(18)19)5-9(12)14-10/h5-6,8H,2-4H2,1H3,(H,13,17). The Hall–Kier alpha value is -1.89. The number of hydrogen-bond donors (Lipinski definition) is 1. The van der Waals surface area contributed by atoms with Crippen LogP contribution in [0.15, 0.2) is 12.1 Å². The lowest BCUT2D eigenvalue weighted by Gasteiger charge is -2.35. The molecular formula is C11H13ClN4O3. The highest BCUT2D eigenvalue weighted by Crippen LogP contribution is 2.26. The molecule has 2 heterocycles. The molecule has 8 heteroatoms. The maximum absolute atomic E-state index is 11.8. The Bertz CT molecular complexity index is 523. The minimum absolute atomic E-state index is 0.0463. The zero-order chi connectivity index (χ0) is 14.0. The second kappa shape index (κ2) is 5.40. The summed E-state index contributed by atoms with van der Waals surface area (Å²) >= 11 is 5.80. The van der Waals surface area contributed by atoms with Crippen molar-refractivity contribution in [2.24, 2.45) is 0 Å². The molecule has 1 amide bonds. The molecule has 0 bridgehead atoms. The molecule has 2 rings (SSSR count). The van der Waals surface area contributed by atoms with Crippen molar-refractivity contribution in [1.82, 2.24) is 10.3 Å². The summed E-state index contributed by atoms with van der Waals surface area (Å²) in [5.74, 6) is 0.263. The van der Waals surface area contributed by atoms with E-state index in [0.717, 1.165) is 0 Å². The summed E-state index contributed by atoms with van der Waals surface area (Å²) in [6, 6.07) is 2.16. The van der Waals surface area contributed by atoms with E-state index in [1.165, 1.54) is 12.1 Å². The topological polar surface area (TPSA) is 88.4 Å². The quantitative estimate of drug-likeness (QED) is 0.514. The van der Waals surface area contributed by atoms with Gasteiger partial charge in [0.25, 0.3) is 5.69 Å². The van der Waals surface area contributed by atoms with Crippen molar-refractivity contribution in [2.45, 2.75) is 19.4 Å². The first-order chi connectivity index (χ1) is 9.02. The van der Waals surface area contributed by atoms with Crippen LogP contribution in [0.1, 0.15) is 13.3 Å². The fraction of sp³-hybridized carbons (Fsp3) is 0.455. The molecule has 1 aliphatic rings. The van der Waals surface area contributed by atoms with Crippen molar-refractivity contribution >= 4 is 29.0 Å². The number of halogens is 1. The van der Waals surface area contributed by atoms with Crippen molar-refractivity contribution in [3.8, 4) is 0 Å². The molecule has 0 aromatic carbocycles. The molecule has 1 aliphatic heterocycles. The summed E-state index contributed by atoms with van der Waals surface area (Å²) in [6.07, 6.45) is 0.591. The van der Waals surface area contributed by atoms with Crippen LogP contribution in [0.25, 0.3) is 0 Å². The molecule has 0 radical (unpaired) electrons. The van der Waals surface area contributed by atoms with Gasteiger partial charge in [-0.3, -0.25) is 14.9 Å². The second-order valence-corrected chi connectivity index (χ2v) is 4.56. The molecule has 1 saturated heterocycles. The number of carbonyl (C=O) groups is 1. The first-order valence-electron chi connectivity index (χ1n) is 5.89. The zero-order valence-electron chi connectivity index (χ0n) is 10.3. The van der Waals surface area contributed by atoms with Crippen molar-refractivity contribution in [1.29, 1.82) is 0 Å². The van der Waals surface area contributed by atoms with E-state index in [9.17, 15) is 14.9 Å². The number of carbonyl (C=O) groups excluding carboxylic acids is 1. The third-order valence-corrected chi connectivity index (χ3v) is 3.18. The summed E-state index contributed by atoms with van der Waals surface area (Å²) in [5, 5.41) is 13.6. The van der Waals surface area contributed by atoms with Gasteiger partial charge in [-0.05, 0) is 6.42 Å². The van der Waals surface area contributed by atoms with Crippen LogP contribution >= 0.6 is 11.6 Å². The van der Waals surface area contributed by atoms with E-state index in [1.54, 1.807) is 4.90 Å². The third-order valence-electron chi connectivity index (χ3n) is 2.99. The lowest BCUT2D eigenvalue weighted by atomic mass is 10.1. The Morgan fingerprint density at radius 2 is 2.37 bits per heavy atom. The molecule has 0 spiro atoms. The van der Waals surface area contributed by atoms with Gasteiger partial charge in [-0.15, -0.1) is 0 Å². The fourth-order valence-electron chi connectivity index (χ4n) is 2.12. The largest absolute Gasteiger partial charge is 0.353 e. The maximum atomic E-state index is 11.8. The third kappa shape index (κ3) is 2.76. The molecule has 1 N–H and O–H groups in total. The predicted octanol–water partition coefficient (Wildman–Crippen LogP) is 1.36. The van der Waals surface area contributed by atoms with Crippen molar-refractivity contribution < 1.29 is 9.72 Å². The Morgan fingerprint density at radius 3 is 3.00 bits per heavy atom. The molecule has 1 aromatic rings. The molecule has 1 aromatic heterocycles. The van der Waals surface area contributed by atoms with E-state index in [1.807, 2.05) is 6.92 Å². The van der Waals surface area contributed by atoms with Crippen molar-refractivity contribution in [3.05, 3.63) is 27.4 Å². The average molecular weight is 285 g/mol. The Labute approximate surface area is 114 Å². The summed E-state index contributed by atoms with van der Waals surface area (Å²) < 4.78 is 0. The van der Waals surface area contributed by atoms with E-state index < -0.39 is 4.92 Å². The smallest absolute Gasteiger partial charge is 0.276 e. The normalized spacial score (nSPS) is 19.2. The molecule has 1 fully saturated rings. The lowest BCUT2D eigenvalue weighted by molar-refractivity contribution is -0.384. The molecule has 102 valence electrons. The first-order valence-corrected chi connectivity index (χ1v) is 6.27. The number of aromatic nitrogens is 1. The summed E-state index contributed by atoms with van der Waals surface area (Å²) in [6.45, 7) is 2.91. The van der Waals surface area contributed by atoms with E-state index in [4.69, 9.17) is 11.6 Å². The summed E-state index contributed by atoms with van der Waals surface area (Å²) in [4.78, 5) is 27.9. The Morgan fingerprint density at radius 1 is 1.63 bits per heavy atom. The van der Waals surface area contributed by atoms with Gasteiger partial charge >= 0.3 is 0 Å². The van der Waals surface area contributed by atoms with E-state index in [-0.39, 0.29) is 22.8 Å². The van der Waals surface area contributed by atoms with Gasteiger partial charge in [-0.2, -0.15) is 0 Å². The van der Waals surface area contributed by atoms with Crippen molar-refractivity contribution in [2.75, 3.05) is 18.0 Å². The van der Waals surface area contributed by atoms with Gasteiger partial charge in [0.15, 0.2) is 0 Å². The number of rotatable bonds is 3. The molecule has 0 aliphatic carbocycles. The molecule has 7 nitrogen and oxygen atoms in total. The molecule has 1 unspecified atom stereocenters. The molecule has 19 heavy (non-hydrogen) atoms. The van der Waals surface area contributed by atoms with Crippen LogP contribution in [0.3, 0.4) is 0 Å². The lowest BCUT2D eigenvalue weighted by Crippen LogP contribution is -2.55. The van der Waals surface area contributed by atoms with Gasteiger partial charge in [0.2, 0.25) is 5.91 Å². The predicted molar refractivity (Wildman–Crippen MR) is 70.3 cm³/mol. The van der Waals surface area contributed by atoms with E-state index in [2.05, 4.69) is 10.3 Å². The maximum Gasteiger partial charge on any atom is 0.276 e. The van der Waals surface area contributed by atoms with Gasteiger partial charge in [0.05, 0.1) is 17.1 Å². The minimum atomic E-state index is -0.526. The van der Waals surface area contributed by atoms with Crippen LogP contribution in [0.5, 0.6) is 0 Å². The highest BCUT2D eigenvalue weighted by atomic mass is 35.5. The molecule has 0 saturated carbocycles. The highest BCUT2D eigenvalue weighted by molar-refractivity contribution is 6.29. The SMILES string of the molecule is CCC1C(=O)NCCN1c1cc([N+](=O)[O-])cc(Cl)n1.